The number of halogens is 1. The SMILES string of the molecule is CCCCc1nc(C)c(C(O)C(C)(C(=O)OC)c2ccncc2)n1-c1ccccc1Cl. The van der Waals surface area contributed by atoms with Gasteiger partial charge in [-0.15, -0.1) is 0 Å². The molecule has 3 rings (SSSR count). The smallest absolute Gasteiger partial charge is 0.319 e. The molecule has 31 heavy (non-hydrogen) atoms. The van der Waals surface area contributed by atoms with Gasteiger partial charge in [-0.25, -0.2) is 4.98 Å². The highest BCUT2D eigenvalue weighted by molar-refractivity contribution is 6.32. The van der Waals surface area contributed by atoms with Crippen molar-refractivity contribution in [2.75, 3.05) is 7.11 Å². The second-order valence-corrected chi connectivity index (χ2v) is 8.13. The molecule has 6 nitrogen and oxygen atoms in total. The van der Waals surface area contributed by atoms with Gasteiger partial charge in [0.05, 0.1) is 29.2 Å². The molecule has 0 aliphatic carbocycles. The van der Waals surface area contributed by atoms with Gasteiger partial charge in [-0.3, -0.25) is 14.3 Å². The zero-order valence-corrected chi connectivity index (χ0v) is 19.1. The van der Waals surface area contributed by atoms with Crippen LogP contribution in [0, 0.1) is 6.92 Å². The Hall–Kier alpha value is -2.70. The van der Waals surface area contributed by atoms with Gasteiger partial charge < -0.3 is 9.84 Å². The largest absolute Gasteiger partial charge is 0.468 e. The predicted molar refractivity (Wildman–Crippen MR) is 120 cm³/mol. The number of hydrogen-bond donors (Lipinski definition) is 1. The standard InChI is InChI=1S/C24H28ClN3O3/c1-5-6-11-20-27-16(2)21(28(20)19-10-8-7-9-18(19)25)22(29)24(3,23(30)31-4)17-12-14-26-15-13-17/h7-10,12-15,22,29H,5-6,11H2,1-4H3. The topological polar surface area (TPSA) is 77.2 Å². The van der Waals surface area contributed by atoms with Crippen LogP contribution in [0.15, 0.2) is 48.8 Å². The minimum Gasteiger partial charge on any atom is -0.468 e. The summed E-state index contributed by atoms with van der Waals surface area (Å²) in [6.45, 7) is 5.63. The summed E-state index contributed by atoms with van der Waals surface area (Å²) in [5, 5.41) is 12.3. The van der Waals surface area contributed by atoms with E-state index in [0.717, 1.165) is 25.1 Å². The number of benzene rings is 1. The third-order valence-corrected chi connectivity index (χ3v) is 6.03. The lowest BCUT2D eigenvalue weighted by molar-refractivity contribution is -0.152. The van der Waals surface area contributed by atoms with Crippen LogP contribution < -0.4 is 0 Å². The number of esters is 1. The maximum Gasteiger partial charge on any atom is 0.319 e. The fourth-order valence-electron chi connectivity index (χ4n) is 3.90. The number of ether oxygens (including phenoxy) is 1. The summed E-state index contributed by atoms with van der Waals surface area (Å²) in [5.41, 5.74) is 1.10. The number of aromatic nitrogens is 3. The summed E-state index contributed by atoms with van der Waals surface area (Å²) >= 11 is 6.54. The summed E-state index contributed by atoms with van der Waals surface area (Å²) < 4.78 is 7.01. The average molecular weight is 442 g/mol. The number of carbonyl (C=O) groups excluding carboxylic acids is 1. The number of aryl methyl sites for hydroxylation is 2. The summed E-state index contributed by atoms with van der Waals surface area (Å²) in [6, 6.07) is 10.9. The van der Waals surface area contributed by atoms with Gasteiger partial charge in [-0.05, 0) is 50.1 Å². The number of pyridine rings is 1. The van der Waals surface area contributed by atoms with E-state index in [1.807, 2.05) is 29.7 Å². The lowest BCUT2D eigenvalue weighted by Gasteiger charge is -2.33. The van der Waals surface area contributed by atoms with Crippen molar-refractivity contribution in [3.63, 3.8) is 0 Å². The van der Waals surface area contributed by atoms with Gasteiger partial charge in [0.1, 0.15) is 17.3 Å². The number of para-hydroxylation sites is 1. The minimum absolute atomic E-state index is 0.518. The lowest BCUT2D eigenvalue weighted by Crippen LogP contribution is -2.41. The predicted octanol–water partition coefficient (Wildman–Crippen LogP) is 4.74. The quantitative estimate of drug-likeness (QED) is 0.511. The van der Waals surface area contributed by atoms with Crippen LogP contribution in [0.1, 0.15) is 55.6 Å². The molecule has 0 bridgehead atoms. The number of aliphatic hydroxyl groups is 1. The fourth-order valence-corrected chi connectivity index (χ4v) is 4.12. The van der Waals surface area contributed by atoms with E-state index in [1.54, 1.807) is 37.5 Å². The number of unbranched alkanes of at least 4 members (excludes halogenated alkanes) is 1. The van der Waals surface area contributed by atoms with Crippen LogP contribution in [-0.2, 0) is 21.4 Å². The molecule has 0 aliphatic rings. The highest BCUT2D eigenvalue weighted by Crippen LogP contribution is 2.41. The second-order valence-electron chi connectivity index (χ2n) is 7.72. The van der Waals surface area contributed by atoms with Gasteiger partial charge in [-0.1, -0.05) is 37.1 Å². The van der Waals surface area contributed by atoms with Gasteiger partial charge >= 0.3 is 5.97 Å². The van der Waals surface area contributed by atoms with E-state index in [1.165, 1.54) is 7.11 Å². The molecule has 164 valence electrons. The molecule has 0 saturated heterocycles. The van der Waals surface area contributed by atoms with Gasteiger partial charge in [0.25, 0.3) is 0 Å². The zero-order valence-electron chi connectivity index (χ0n) is 18.3. The Morgan fingerprint density at radius 1 is 1.26 bits per heavy atom. The summed E-state index contributed by atoms with van der Waals surface area (Å²) in [4.78, 5) is 21.8. The van der Waals surface area contributed by atoms with Crippen LogP contribution in [0.4, 0.5) is 0 Å². The summed E-state index contributed by atoms with van der Waals surface area (Å²) in [7, 11) is 1.32. The third kappa shape index (κ3) is 4.23. The van der Waals surface area contributed by atoms with E-state index in [2.05, 4.69) is 11.9 Å². The number of carbonyl (C=O) groups is 1. The lowest BCUT2D eigenvalue weighted by atomic mass is 9.76. The number of aliphatic hydroxyl groups excluding tert-OH is 1. The normalized spacial score (nSPS) is 14.1. The molecule has 0 radical (unpaired) electrons. The van der Waals surface area contributed by atoms with E-state index in [-0.39, 0.29) is 0 Å². The van der Waals surface area contributed by atoms with Crippen LogP contribution in [0.25, 0.3) is 5.69 Å². The molecular formula is C24H28ClN3O3. The molecule has 1 aromatic carbocycles. The Morgan fingerprint density at radius 3 is 2.55 bits per heavy atom. The Morgan fingerprint density at radius 2 is 1.94 bits per heavy atom. The average Bonchev–Trinajstić information content (AvgIpc) is 3.12. The van der Waals surface area contributed by atoms with Gasteiger partial charge in [0.15, 0.2) is 0 Å². The molecule has 0 aliphatic heterocycles. The first-order valence-corrected chi connectivity index (χ1v) is 10.7. The van der Waals surface area contributed by atoms with Crippen molar-refractivity contribution in [2.24, 2.45) is 0 Å². The van der Waals surface area contributed by atoms with E-state index >= 15 is 0 Å². The molecule has 0 fully saturated rings. The van der Waals surface area contributed by atoms with Gasteiger partial charge in [-0.2, -0.15) is 0 Å². The van der Waals surface area contributed by atoms with Crippen LogP contribution in [0.3, 0.4) is 0 Å². The molecule has 0 amide bonds. The first-order chi connectivity index (χ1) is 14.9. The van der Waals surface area contributed by atoms with Crippen molar-refractivity contribution in [1.82, 2.24) is 14.5 Å². The molecule has 3 aromatic rings. The van der Waals surface area contributed by atoms with Crippen molar-refractivity contribution in [1.29, 1.82) is 0 Å². The minimum atomic E-state index is -1.37. The molecule has 1 N–H and O–H groups in total. The van der Waals surface area contributed by atoms with Crippen molar-refractivity contribution < 1.29 is 14.6 Å². The monoisotopic (exact) mass is 441 g/mol. The molecular weight excluding hydrogens is 414 g/mol. The summed E-state index contributed by atoms with van der Waals surface area (Å²) in [5.74, 6) is 0.246. The van der Waals surface area contributed by atoms with E-state index in [4.69, 9.17) is 21.3 Å². The Kier molecular flexibility index (Phi) is 7.13. The molecule has 0 saturated carbocycles. The van der Waals surface area contributed by atoms with Crippen LogP contribution in [0.2, 0.25) is 5.02 Å². The van der Waals surface area contributed by atoms with E-state index in [0.29, 0.717) is 27.7 Å². The number of nitrogens with zero attached hydrogens (tertiary/aromatic N) is 3. The molecule has 2 heterocycles. The first-order valence-electron chi connectivity index (χ1n) is 10.4. The number of imidazole rings is 1. The van der Waals surface area contributed by atoms with Crippen molar-refractivity contribution in [2.45, 2.75) is 51.6 Å². The Balaban J connectivity index is 2.26. The van der Waals surface area contributed by atoms with Crippen molar-refractivity contribution in [3.8, 4) is 5.69 Å². The number of methoxy groups -OCH3 is 1. The van der Waals surface area contributed by atoms with E-state index < -0.39 is 17.5 Å². The maximum absolute atomic E-state index is 13.0. The van der Waals surface area contributed by atoms with Crippen molar-refractivity contribution >= 4 is 17.6 Å². The fraction of sp³-hybridized carbons (Fsp3) is 0.375. The highest BCUT2D eigenvalue weighted by atomic mass is 35.5. The Bertz CT molecular complexity index is 1050. The third-order valence-electron chi connectivity index (χ3n) is 5.71. The van der Waals surface area contributed by atoms with E-state index in [9.17, 15) is 9.90 Å². The van der Waals surface area contributed by atoms with Gasteiger partial charge in [0, 0.05) is 18.8 Å². The molecule has 7 heteroatoms. The molecule has 0 spiro atoms. The molecule has 2 aromatic heterocycles. The summed E-state index contributed by atoms with van der Waals surface area (Å²) in [6.07, 6.45) is 4.61. The number of hydrogen-bond acceptors (Lipinski definition) is 5. The number of rotatable bonds is 8. The maximum atomic E-state index is 13.0. The van der Waals surface area contributed by atoms with Gasteiger partial charge in [0.2, 0.25) is 0 Å². The first kappa shape index (κ1) is 23.0. The highest BCUT2D eigenvalue weighted by Gasteiger charge is 2.46. The Labute approximate surface area is 187 Å². The molecule has 2 unspecified atom stereocenters. The molecule has 2 atom stereocenters. The van der Waals surface area contributed by atoms with Crippen LogP contribution in [-0.4, -0.2) is 32.7 Å². The van der Waals surface area contributed by atoms with Crippen molar-refractivity contribution in [3.05, 3.63) is 76.6 Å². The van der Waals surface area contributed by atoms with Crippen LogP contribution in [0.5, 0.6) is 0 Å². The zero-order chi connectivity index (χ0) is 22.6. The van der Waals surface area contributed by atoms with Crippen LogP contribution >= 0.6 is 11.6 Å². The second kappa shape index (κ2) is 9.62.